The van der Waals surface area contributed by atoms with Gasteiger partial charge in [-0.05, 0) is 67.6 Å². The fraction of sp³-hybridized carbons (Fsp3) is 0.238. The summed E-state index contributed by atoms with van der Waals surface area (Å²) in [6.45, 7) is -0.462. The Morgan fingerprint density at radius 3 is 2.79 bits per heavy atom. The van der Waals surface area contributed by atoms with Crippen LogP contribution in [0.25, 0.3) is 10.9 Å². The Morgan fingerprint density at radius 1 is 1.14 bits per heavy atom. The maximum atomic E-state index is 13.1. The summed E-state index contributed by atoms with van der Waals surface area (Å²) in [4.78, 5) is 27.8. The van der Waals surface area contributed by atoms with Crippen LogP contribution in [-0.4, -0.2) is 23.5 Å². The first-order valence-electron chi connectivity index (χ1n) is 9.07. The van der Waals surface area contributed by atoms with E-state index in [9.17, 15) is 14.0 Å². The van der Waals surface area contributed by atoms with Gasteiger partial charge in [-0.1, -0.05) is 11.6 Å². The van der Waals surface area contributed by atoms with Crippen molar-refractivity contribution in [2.45, 2.75) is 25.7 Å². The Hall–Kier alpha value is -2.86. The number of nitrogens with one attached hydrogen (secondary N) is 2. The van der Waals surface area contributed by atoms with Gasteiger partial charge in [0.25, 0.3) is 5.91 Å². The van der Waals surface area contributed by atoms with E-state index in [0.29, 0.717) is 5.56 Å². The van der Waals surface area contributed by atoms with Crippen LogP contribution in [0.2, 0.25) is 5.02 Å². The number of carbonyl (C=O) groups excluding carboxylic acids is 2. The summed E-state index contributed by atoms with van der Waals surface area (Å²) in [5.41, 5.74) is 4.16. The Kier molecular flexibility index (Phi) is 5.05. The number of H-pyrrole nitrogens is 1. The van der Waals surface area contributed by atoms with Gasteiger partial charge in [0.1, 0.15) is 5.82 Å². The first-order valence-corrected chi connectivity index (χ1v) is 9.44. The molecule has 1 aliphatic rings. The molecule has 0 radical (unpaired) electrons. The number of aromatic nitrogens is 1. The fourth-order valence-corrected chi connectivity index (χ4v) is 3.74. The van der Waals surface area contributed by atoms with E-state index in [2.05, 4.69) is 10.3 Å². The third-order valence-electron chi connectivity index (χ3n) is 4.87. The average molecular weight is 401 g/mol. The minimum absolute atomic E-state index is 0.0716. The van der Waals surface area contributed by atoms with E-state index in [1.54, 1.807) is 6.07 Å². The second-order valence-electron chi connectivity index (χ2n) is 6.80. The summed E-state index contributed by atoms with van der Waals surface area (Å²) < 4.78 is 18.2. The van der Waals surface area contributed by atoms with Crippen LogP contribution in [0.15, 0.2) is 36.4 Å². The molecule has 28 heavy (non-hydrogen) atoms. The predicted octanol–water partition coefficient (Wildman–Crippen LogP) is 4.63. The molecule has 1 aliphatic carbocycles. The third-order valence-corrected chi connectivity index (χ3v) is 5.19. The number of carbonyl (C=O) groups is 2. The molecule has 0 bridgehead atoms. The Labute approximate surface area is 165 Å². The molecule has 1 amide bonds. The number of amides is 1. The van der Waals surface area contributed by atoms with Gasteiger partial charge in [0.15, 0.2) is 6.61 Å². The van der Waals surface area contributed by atoms with Crippen LogP contribution in [0.4, 0.5) is 10.1 Å². The smallest absolute Gasteiger partial charge is 0.338 e. The zero-order chi connectivity index (χ0) is 19.7. The molecule has 0 atom stereocenters. The van der Waals surface area contributed by atoms with Gasteiger partial charge in [0.05, 0.1) is 16.3 Å². The number of esters is 1. The summed E-state index contributed by atoms with van der Waals surface area (Å²) in [5, 5.41) is 3.60. The van der Waals surface area contributed by atoms with Crippen molar-refractivity contribution in [3.05, 3.63) is 64.1 Å². The molecule has 144 valence electrons. The summed E-state index contributed by atoms with van der Waals surface area (Å²) in [5.74, 6) is -1.63. The highest BCUT2D eigenvalue weighted by atomic mass is 35.5. The van der Waals surface area contributed by atoms with Gasteiger partial charge in [-0.15, -0.1) is 0 Å². The van der Waals surface area contributed by atoms with Crippen molar-refractivity contribution in [1.82, 2.24) is 4.98 Å². The van der Waals surface area contributed by atoms with Crippen LogP contribution in [0.5, 0.6) is 0 Å². The van der Waals surface area contributed by atoms with E-state index in [1.807, 2.05) is 12.1 Å². The van der Waals surface area contributed by atoms with E-state index < -0.39 is 24.3 Å². The highest BCUT2D eigenvalue weighted by molar-refractivity contribution is 6.33. The number of anilines is 1. The number of benzene rings is 2. The molecule has 0 aliphatic heterocycles. The lowest BCUT2D eigenvalue weighted by Crippen LogP contribution is -2.21. The zero-order valence-electron chi connectivity index (χ0n) is 15.0. The van der Waals surface area contributed by atoms with E-state index in [1.165, 1.54) is 29.8 Å². The molecule has 0 fully saturated rings. The summed E-state index contributed by atoms with van der Waals surface area (Å²) in [6, 6.07) is 8.98. The standard InChI is InChI=1S/C21H18ClFN2O3/c22-16-10-13(23)6-8-19(16)25-20(26)11-28-21(27)12-5-7-18-15(9-12)14-3-1-2-4-17(14)24-18/h5-10,24H,1-4,11H2,(H,25,26). The van der Waals surface area contributed by atoms with Gasteiger partial charge in [-0.3, -0.25) is 4.79 Å². The van der Waals surface area contributed by atoms with Gasteiger partial charge in [0, 0.05) is 16.6 Å². The Bertz CT molecular complexity index is 1080. The highest BCUT2D eigenvalue weighted by Gasteiger charge is 2.18. The van der Waals surface area contributed by atoms with E-state index in [-0.39, 0.29) is 10.7 Å². The molecule has 7 heteroatoms. The minimum atomic E-state index is -0.576. The van der Waals surface area contributed by atoms with Crippen molar-refractivity contribution in [3.8, 4) is 0 Å². The molecule has 4 rings (SSSR count). The van der Waals surface area contributed by atoms with E-state index >= 15 is 0 Å². The van der Waals surface area contributed by atoms with Crippen molar-refractivity contribution in [2.24, 2.45) is 0 Å². The lowest BCUT2D eigenvalue weighted by molar-refractivity contribution is -0.119. The first-order chi connectivity index (χ1) is 13.5. The first kappa shape index (κ1) is 18.5. The SMILES string of the molecule is O=C(COC(=O)c1ccc2[nH]c3c(c2c1)CCCC3)Nc1ccc(F)cc1Cl. The lowest BCUT2D eigenvalue weighted by Gasteiger charge is -2.10. The number of hydrogen-bond donors (Lipinski definition) is 2. The summed E-state index contributed by atoms with van der Waals surface area (Å²) in [7, 11) is 0. The number of rotatable bonds is 4. The zero-order valence-corrected chi connectivity index (χ0v) is 15.7. The van der Waals surface area contributed by atoms with Crippen molar-refractivity contribution in [2.75, 3.05) is 11.9 Å². The normalized spacial score (nSPS) is 13.2. The lowest BCUT2D eigenvalue weighted by atomic mass is 9.95. The van der Waals surface area contributed by atoms with Gasteiger partial charge in [-0.25, -0.2) is 9.18 Å². The van der Waals surface area contributed by atoms with Crippen LogP contribution < -0.4 is 5.32 Å². The topological polar surface area (TPSA) is 71.2 Å². The fourth-order valence-electron chi connectivity index (χ4n) is 3.52. The van der Waals surface area contributed by atoms with Crippen LogP contribution in [0.1, 0.15) is 34.5 Å². The van der Waals surface area contributed by atoms with Crippen LogP contribution in [0, 0.1) is 5.82 Å². The molecule has 2 N–H and O–H groups in total. The van der Waals surface area contributed by atoms with Gasteiger partial charge < -0.3 is 15.0 Å². The molecule has 0 saturated carbocycles. The molecule has 1 heterocycles. The Morgan fingerprint density at radius 2 is 1.96 bits per heavy atom. The van der Waals surface area contributed by atoms with Crippen LogP contribution in [-0.2, 0) is 22.4 Å². The molecular formula is C21H18ClFN2O3. The van der Waals surface area contributed by atoms with Crippen LogP contribution in [0.3, 0.4) is 0 Å². The van der Waals surface area contributed by atoms with E-state index in [0.717, 1.165) is 36.2 Å². The number of ether oxygens (including phenoxy) is 1. The molecule has 0 unspecified atom stereocenters. The average Bonchev–Trinajstić information content (AvgIpc) is 3.06. The van der Waals surface area contributed by atoms with Crippen molar-refractivity contribution >= 4 is 40.1 Å². The maximum absolute atomic E-state index is 13.1. The molecular weight excluding hydrogens is 383 g/mol. The molecule has 2 aromatic carbocycles. The Balaban J connectivity index is 1.42. The predicted molar refractivity (Wildman–Crippen MR) is 105 cm³/mol. The van der Waals surface area contributed by atoms with Gasteiger partial charge in [-0.2, -0.15) is 0 Å². The number of fused-ring (bicyclic) bond motifs is 3. The number of halogens is 2. The van der Waals surface area contributed by atoms with Crippen molar-refractivity contribution < 1.29 is 18.7 Å². The molecule has 5 nitrogen and oxygen atoms in total. The molecule has 0 saturated heterocycles. The number of hydrogen-bond acceptors (Lipinski definition) is 3. The molecule has 0 spiro atoms. The van der Waals surface area contributed by atoms with E-state index in [4.69, 9.17) is 16.3 Å². The monoisotopic (exact) mass is 400 g/mol. The maximum Gasteiger partial charge on any atom is 0.338 e. The third kappa shape index (κ3) is 3.73. The van der Waals surface area contributed by atoms with Crippen molar-refractivity contribution in [3.63, 3.8) is 0 Å². The highest BCUT2D eigenvalue weighted by Crippen LogP contribution is 2.30. The van der Waals surface area contributed by atoms with Gasteiger partial charge in [0.2, 0.25) is 0 Å². The number of aryl methyl sites for hydroxylation is 2. The van der Waals surface area contributed by atoms with Crippen LogP contribution >= 0.6 is 11.6 Å². The molecule has 3 aromatic rings. The second kappa shape index (κ2) is 7.64. The summed E-state index contributed by atoms with van der Waals surface area (Å²) in [6.07, 6.45) is 4.33. The van der Waals surface area contributed by atoms with Crippen molar-refractivity contribution in [1.29, 1.82) is 0 Å². The minimum Gasteiger partial charge on any atom is -0.452 e. The quantitative estimate of drug-likeness (QED) is 0.627. The second-order valence-corrected chi connectivity index (χ2v) is 7.21. The largest absolute Gasteiger partial charge is 0.452 e. The molecule has 1 aromatic heterocycles. The van der Waals surface area contributed by atoms with Gasteiger partial charge >= 0.3 is 5.97 Å². The number of aromatic amines is 1. The summed E-state index contributed by atoms with van der Waals surface area (Å²) >= 11 is 5.87.